The fourth-order valence-electron chi connectivity index (χ4n) is 2.65. The summed E-state index contributed by atoms with van der Waals surface area (Å²) in [5.74, 6) is -0.328. The van der Waals surface area contributed by atoms with E-state index in [1.165, 1.54) is 38.1 Å². The van der Waals surface area contributed by atoms with Crippen molar-refractivity contribution in [3.63, 3.8) is 0 Å². The number of fused-ring (bicyclic) bond motifs is 1. The van der Waals surface area contributed by atoms with Gasteiger partial charge in [-0.15, -0.1) is 4.83 Å². The summed E-state index contributed by atoms with van der Waals surface area (Å²) in [6.07, 6.45) is -0.932. The Bertz CT molecular complexity index is 1160. The predicted molar refractivity (Wildman–Crippen MR) is 109 cm³/mol. The summed E-state index contributed by atoms with van der Waals surface area (Å²) in [7, 11) is -3.98. The van der Waals surface area contributed by atoms with E-state index in [1.807, 2.05) is 35.2 Å². The van der Waals surface area contributed by atoms with Gasteiger partial charge in [-0.05, 0) is 48.9 Å². The van der Waals surface area contributed by atoms with Crippen molar-refractivity contribution in [1.29, 1.82) is 0 Å². The summed E-state index contributed by atoms with van der Waals surface area (Å²) in [5.41, 5.74) is 2.54. The summed E-state index contributed by atoms with van der Waals surface area (Å²) < 4.78 is 30.2. The molecule has 0 heterocycles. The fourth-order valence-corrected chi connectivity index (χ4v) is 3.49. The van der Waals surface area contributed by atoms with Crippen molar-refractivity contribution >= 4 is 32.5 Å². The number of hydrazine groups is 1. The first-order valence-corrected chi connectivity index (χ1v) is 10.3. The highest BCUT2D eigenvalue weighted by Gasteiger charge is 2.19. The van der Waals surface area contributed by atoms with Gasteiger partial charge in [0.1, 0.15) is 5.75 Å². The molecule has 0 bridgehead atoms. The van der Waals surface area contributed by atoms with Crippen LogP contribution in [0.15, 0.2) is 71.6 Å². The second kappa shape index (κ2) is 8.42. The maximum atomic E-state index is 12.3. The number of nitrogens with one attached hydrogen (secondary N) is 2. The third-order valence-corrected chi connectivity index (χ3v) is 5.55. The van der Waals surface area contributed by atoms with Crippen LogP contribution < -0.4 is 15.0 Å². The molecule has 7 nitrogen and oxygen atoms in total. The number of hydrogen-bond acceptors (Lipinski definition) is 5. The van der Waals surface area contributed by atoms with Crippen molar-refractivity contribution < 1.29 is 22.7 Å². The lowest BCUT2D eigenvalue weighted by Gasteiger charge is -2.15. The van der Waals surface area contributed by atoms with E-state index in [0.29, 0.717) is 11.3 Å². The Balaban J connectivity index is 1.61. The molecule has 0 saturated carbocycles. The van der Waals surface area contributed by atoms with Gasteiger partial charge in [0, 0.05) is 5.56 Å². The van der Waals surface area contributed by atoms with E-state index in [0.717, 1.165) is 10.8 Å². The SMILES string of the molecule is CC(=O)c1ccc(S(=O)(=O)NNC(=O)[C@@H](C)Oc2ccc3ccccc3c2)cc1. The minimum atomic E-state index is -3.98. The number of amides is 1. The number of sulfonamides is 1. The molecule has 8 heteroatoms. The van der Waals surface area contributed by atoms with Gasteiger partial charge in [0.15, 0.2) is 11.9 Å². The smallest absolute Gasteiger partial charge is 0.275 e. The molecule has 3 rings (SSSR count). The molecule has 0 radical (unpaired) electrons. The predicted octanol–water partition coefficient (Wildman–Crippen LogP) is 2.82. The van der Waals surface area contributed by atoms with Crippen molar-refractivity contribution in [2.75, 3.05) is 0 Å². The Hall–Kier alpha value is -3.23. The summed E-state index contributed by atoms with van der Waals surface area (Å²) in [6, 6.07) is 18.5. The zero-order valence-corrected chi connectivity index (χ0v) is 16.7. The van der Waals surface area contributed by atoms with Crippen LogP contribution in [0.5, 0.6) is 5.75 Å². The highest BCUT2D eigenvalue weighted by Crippen LogP contribution is 2.21. The molecule has 1 atom stereocenters. The summed E-state index contributed by atoms with van der Waals surface area (Å²) in [4.78, 5) is 25.5. The highest BCUT2D eigenvalue weighted by molar-refractivity contribution is 7.89. The fraction of sp³-hybridized carbons (Fsp3) is 0.143. The normalized spacial score (nSPS) is 12.3. The van der Waals surface area contributed by atoms with Gasteiger partial charge in [0.2, 0.25) is 0 Å². The molecule has 0 spiro atoms. The topological polar surface area (TPSA) is 102 Å². The van der Waals surface area contributed by atoms with E-state index >= 15 is 0 Å². The number of benzene rings is 3. The quantitative estimate of drug-likeness (QED) is 0.459. The van der Waals surface area contributed by atoms with Gasteiger partial charge >= 0.3 is 0 Å². The van der Waals surface area contributed by atoms with E-state index in [1.54, 1.807) is 12.1 Å². The number of hydrogen-bond donors (Lipinski definition) is 2. The molecule has 0 unspecified atom stereocenters. The van der Waals surface area contributed by atoms with E-state index in [4.69, 9.17) is 4.74 Å². The number of ketones is 1. The van der Waals surface area contributed by atoms with Crippen molar-refractivity contribution in [3.8, 4) is 5.75 Å². The van der Waals surface area contributed by atoms with Crippen LogP contribution in [-0.4, -0.2) is 26.2 Å². The Morgan fingerprint density at radius 2 is 1.59 bits per heavy atom. The van der Waals surface area contributed by atoms with Crippen LogP contribution in [0, 0.1) is 0 Å². The zero-order chi connectivity index (χ0) is 21.0. The third-order valence-electron chi connectivity index (χ3n) is 4.28. The Labute approximate surface area is 168 Å². The van der Waals surface area contributed by atoms with Crippen LogP contribution in [0.4, 0.5) is 0 Å². The molecule has 0 aliphatic rings. The van der Waals surface area contributed by atoms with E-state index in [2.05, 4.69) is 5.43 Å². The lowest BCUT2D eigenvalue weighted by molar-refractivity contribution is -0.127. The number of rotatable bonds is 7. The molecule has 29 heavy (non-hydrogen) atoms. The van der Waals surface area contributed by atoms with Crippen LogP contribution in [-0.2, 0) is 14.8 Å². The molecule has 1 amide bonds. The minimum absolute atomic E-state index is 0.0779. The standard InChI is InChI=1S/C21H20N2O5S/c1-14(24)16-8-11-20(12-9-16)29(26,27)23-22-21(25)15(2)28-19-10-7-17-5-3-4-6-18(17)13-19/h3-13,15,23H,1-2H3,(H,22,25)/t15-/m1/s1. The van der Waals surface area contributed by atoms with Gasteiger partial charge < -0.3 is 4.74 Å². The average Bonchev–Trinajstić information content (AvgIpc) is 2.72. The van der Waals surface area contributed by atoms with Crippen molar-refractivity contribution in [2.24, 2.45) is 0 Å². The largest absolute Gasteiger partial charge is 0.481 e. The molecular weight excluding hydrogens is 392 g/mol. The summed E-state index contributed by atoms with van der Waals surface area (Å²) in [6.45, 7) is 2.90. The van der Waals surface area contributed by atoms with Gasteiger partial charge in [-0.25, -0.2) is 8.42 Å². The second-order valence-electron chi connectivity index (χ2n) is 6.44. The molecule has 0 saturated heterocycles. The Morgan fingerprint density at radius 3 is 2.24 bits per heavy atom. The highest BCUT2D eigenvalue weighted by atomic mass is 32.2. The zero-order valence-electron chi connectivity index (χ0n) is 15.9. The van der Waals surface area contributed by atoms with E-state index in [-0.39, 0.29) is 10.7 Å². The van der Waals surface area contributed by atoms with E-state index < -0.39 is 22.0 Å². The number of carbonyl (C=O) groups is 2. The van der Waals surface area contributed by atoms with Gasteiger partial charge in [-0.3, -0.25) is 15.0 Å². The van der Waals surface area contributed by atoms with Gasteiger partial charge in [0.25, 0.3) is 15.9 Å². The average molecular weight is 412 g/mol. The maximum absolute atomic E-state index is 12.3. The molecule has 3 aromatic carbocycles. The van der Waals surface area contributed by atoms with Crippen LogP contribution in [0.2, 0.25) is 0 Å². The summed E-state index contributed by atoms with van der Waals surface area (Å²) in [5, 5.41) is 2.01. The molecular formula is C21H20N2O5S. The monoisotopic (exact) mass is 412 g/mol. The van der Waals surface area contributed by atoms with Crippen LogP contribution in [0.25, 0.3) is 10.8 Å². The first kappa shape index (κ1) is 20.5. The maximum Gasteiger partial charge on any atom is 0.275 e. The van der Waals surface area contributed by atoms with Crippen LogP contribution in [0.1, 0.15) is 24.2 Å². The first-order valence-electron chi connectivity index (χ1n) is 8.84. The Morgan fingerprint density at radius 1 is 0.931 bits per heavy atom. The first-order chi connectivity index (χ1) is 13.8. The Kier molecular flexibility index (Phi) is 5.95. The molecule has 0 aromatic heterocycles. The van der Waals surface area contributed by atoms with Crippen LogP contribution >= 0.6 is 0 Å². The van der Waals surface area contributed by atoms with Gasteiger partial charge in [-0.2, -0.15) is 0 Å². The van der Waals surface area contributed by atoms with E-state index in [9.17, 15) is 18.0 Å². The van der Waals surface area contributed by atoms with Crippen LogP contribution in [0.3, 0.4) is 0 Å². The lowest BCUT2D eigenvalue weighted by Crippen LogP contribution is -2.47. The number of Topliss-reactive ketones (excluding diaryl/α,β-unsaturated/α-hetero) is 1. The molecule has 3 aromatic rings. The minimum Gasteiger partial charge on any atom is -0.481 e. The lowest BCUT2D eigenvalue weighted by atomic mass is 10.1. The van der Waals surface area contributed by atoms with Crippen molar-refractivity contribution in [1.82, 2.24) is 10.3 Å². The third kappa shape index (κ3) is 4.98. The molecule has 2 N–H and O–H groups in total. The molecule has 0 aliphatic carbocycles. The second-order valence-corrected chi connectivity index (χ2v) is 8.13. The number of carbonyl (C=O) groups excluding carboxylic acids is 2. The van der Waals surface area contributed by atoms with Crippen molar-refractivity contribution in [2.45, 2.75) is 24.8 Å². The van der Waals surface area contributed by atoms with Crippen molar-refractivity contribution in [3.05, 3.63) is 72.3 Å². The van der Waals surface area contributed by atoms with Gasteiger partial charge in [-0.1, -0.05) is 42.5 Å². The van der Waals surface area contributed by atoms with Gasteiger partial charge in [0.05, 0.1) is 4.90 Å². The molecule has 150 valence electrons. The molecule has 0 fully saturated rings. The number of ether oxygens (including phenoxy) is 1. The molecule has 0 aliphatic heterocycles. The summed E-state index contributed by atoms with van der Waals surface area (Å²) >= 11 is 0.